The van der Waals surface area contributed by atoms with Crippen LogP contribution in [-0.4, -0.2) is 18.2 Å². The first kappa shape index (κ1) is 18.1. The average molecular weight is 416 g/mol. The van der Waals surface area contributed by atoms with E-state index in [-0.39, 0.29) is 12.4 Å². The lowest BCUT2D eigenvalue weighted by Crippen LogP contribution is -2.15. The second-order valence-electron chi connectivity index (χ2n) is 5.15. The Bertz CT molecular complexity index is 901. The van der Waals surface area contributed by atoms with Crippen LogP contribution < -0.4 is 14.8 Å². The molecule has 3 aromatic rings. The van der Waals surface area contributed by atoms with Crippen molar-refractivity contribution in [3.05, 3.63) is 51.8 Å². The molecule has 0 radical (unpaired) electrons. The molecule has 1 aromatic heterocycles. The third-order valence-electron chi connectivity index (χ3n) is 3.50. The quantitative estimate of drug-likeness (QED) is 0.565. The molecule has 0 saturated heterocycles. The van der Waals surface area contributed by atoms with Gasteiger partial charge in [-0.25, -0.2) is 4.98 Å². The van der Waals surface area contributed by atoms with E-state index in [0.29, 0.717) is 23.3 Å². The lowest BCUT2D eigenvalue weighted by Gasteiger charge is -2.18. The molecule has 0 bridgehead atoms. The molecule has 1 N–H and O–H groups in total. The summed E-state index contributed by atoms with van der Waals surface area (Å²) in [6, 6.07) is 11.1. The molecule has 4 rings (SSSR count). The molecule has 0 atom stereocenters. The SMILES string of the molecule is Cl.Clc1ccc(-c2csc(Nc3ccc4c(c3)OCCO4)n2)c(Cl)c1. The Balaban J connectivity index is 0.00000182. The van der Waals surface area contributed by atoms with Gasteiger partial charge in [0.2, 0.25) is 0 Å². The first-order valence-corrected chi connectivity index (χ1v) is 8.90. The minimum atomic E-state index is 0. The summed E-state index contributed by atoms with van der Waals surface area (Å²) in [5, 5.41) is 7.19. The predicted octanol–water partition coefficient (Wildman–Crippen LogP) is 6.05. The highest BCUT2D eigenvalue weighted by Crippen LogP contribution is 2.36. The molecule has 0 spiro atoms. The van der Waals surface area contributed by atoms with Gasteiger partial charge < -0.3 is 14.8 Å². The molecule has 0 saturated carbocycles. The zero-order chi connectivity index (χ0) is 16.5. The molecule has 1 aliphatic rings. The van der Waals surface area contributed by atoms with Crippen molar-refractivity contribution >= 4 is 57.8 Å². The Kier molecular flexibility index (Phi) is 5.59. The van der Waals surface area contributed by atoms with Crippen molar-refractivity contribution in [3.63, 3.8) is 0 Å². The highest BCUT2D eigenvalue weighted by Gasteiger charge is 2.13. The Morgan fingerprint density at radius 3 is 2.60 bits per heavy atom. The van der Waals surface area contributed by atoms with Crippen LogP contribution in [0.3, 0.4) is 0 Å². The van der Waals surface area contributed by atoms with E-state index in [2.05, 4.69) is 10.3 Å². The van der Waals surface area contributed by atoms with Crippen molar-refractivity contribution in [1.29, 1.82) is 0 Å². The summed E-state index contributed by atoms with van der Waals surface area (Å²) >= 11 is 13.7. The fraction of sp³-hybridized carbons (Fsp3) is 0.118. The van der Waals surface area contributed by atoms with Crippen LogP contribution in [0.5, 0.6) is 11.5 Å². The number of aromatic nitrogens is 1. The fourth-order valence-electron chi connectivity index (χ4n) is 2.40. The van der Waals surface area contributed by atoms with Gasteiger partial charge in [-0.2, -0.15) is 0 Å². The smallest absolute Gasteiger partial charge is 0.187 e. The topological polar surface area (TPSA) is 43.4 Å². The van der Waals surface area contributed by atoms with E-state index >= 15 is 0 Å². The maximum absolute atomic E-state index is 6.24. The number of nitrogens with one attached hydrogen (secondary N) is 1. The van der Waals surface area contributed by atoms with E-state index in [4.69, 9.17) is 32.7 Å². The minimum Gasteiger partial charge on any atom is -0.486 e. The van der Waals surface area contributed by atoms with Crippen LogP contribution in [0.4, 0.5) is 10.8 Å². The number of thiazole rings is 1. The molecule has 4 nitrogen and oxygen atoms in total. The molecule has 25 heavy (non-hydrogen) atoms. The van der Waals surface area contributed by atoms with Crippen LogP contribution in [-0.2, 0) is 0 Å². The number of rotatable bonds is 3. The lowest BCUT2D eigenvalue weighted by molar-refractivity contribution is 0.171. The molecule has 0 unspecified atom stereocenters. The molecular formula is C17H13Cl3N2O2S. The van der Waals surface area contributed by atoms with Gasteiger partial charge in [-0.05, 0) is 30.3 Å². The van der Waals surface area contributed by atoms with Gasteiger partial charge >= 0.3 is 0 Å². The van der Waals surface area contributed by atoms with Crippen LogP contribution in [0, 0.1) is 0 Å². The summed E-state index contributed by atoms with van der Waals surface area (Å²) < 4.78 is 11.1. The fourth-order valence-corrected chi connectivity index (χ4v) is 3.63. The van der Waals surface area contributed by atoms with Crippen molar-refractivity contribution in [2.75, 3.05) is 18.5 Å². The summed E-state index contributed by atoms with van der Waals surface area (Å²) in [7, 11) is 0. The van der Waals surface area contributed by atoms with Crippen molar-refractivity contribution < 1.29 is 9.47 Å². The van der Waals surface area contributed by atoms with Gasteiger partial charge in [0.15, 0.2) is 16.6 Å². The van der Waals surface area contributed by atoms with E-state index in [1.54, 1.807) is 12.1 Å². The normalized spacial score (nSPS) is 12.4. The standard InChI is InChI=1S/C17H12Cl2N2O2S.ClH/c18-10-1-3-12(13(19)7-10)14-9-24-17(21-14)20-11-2-4-15-16(8-11)23-6-5-22-15;/h1-4,7-9H,5-6H2,(H,20,21);1H. The zero-order valence-corrected chi connectivity index (χ0v) is 15.9. The molecule has 2 heterocycles. The number of halogens is 3. The third-order valence-corrected chi connectivity index (χ3v) is 4.81. The van der Waals surface area contributed by atoms with E-state index in [9.17, 15) is 0 Å². The van der Waals surface area contributed by atoms with Crippen LogP contribution in [0.15, 0.2) is 41.8 Å². The molecule has 2 aromatic carbocycles. The first-order chi connectivity index (χ1) is 11.7. The minimum absolute atomic E-state index is 0. The molecule has 0 aliphatic carbocycles. The first-order valence-electron chi connectivity index (χ1n) is 7.27. The highest BCUT2D eigenvalue weighted by atomic mass is 35.5. The van der Waals surface area contributed by atoms with Gasteiger partial charge in [-0.3, -0.25) is 0 Å². The van der Waals surface area contributed by atoms with Gasteiger partial charge in [0.25, 0.3) is 0 Å². The number of ether oxygens (including phenoxy) is 2. The summed E-state index contributed by atoms with van der Waals surface area (Å²) in [4.78, 5) is 4.59. The number of fused-ring (bicyclic) bond motifs is 1. The van der Waals surface area contributed by atoms with E-state index in [0.717, 1.165) is 33.6 Å². The zero-order valence-electron chi connectivity index (χ0n) is 12.8. The number of benzene rings is 2. The molecule has 130 valence electrons. The van der Waals surface area contributed by atoms with Crippen molar-refractivity contribution in [2.45, 2.75) is 0 Å². The van der Waals surface area contributed by atoms with Crippen LogP contribution in [0.1, 0.15) is 0 Å². The Morgan fingerprint density at radius 1 is 1.00 bits per heavy atom. The summed E-state index contributed by atoms with van der Waals surface area (Å²) in [6.07, 6.45) is 0. The maximum Gasteiger partial charge on any atom is 0.187 e. The van der Waals surface area contributed by atoms with Gasteiger partial charge in [-0.15, -0.1) is 23.7 Å². The molecular weight excluding hydrogens is 403 g/mol. The van der Waals surface area contributed by atoms with Gasteiger partial charge in [0.1, 0.15) is 13.2 Å². The van der Waals surface area contributed by atoms with Gasteiger partial charge in [-0.1, -0.05) is 23.2 Å². The largest absolute Gasteiger partial charge is 0.486 e. The maximum atomic E-state index is 6.24. The summed E-state index contributed by atoms with van der Waals surface area (Å²) in [6.45, 7) is 1.14. The highest BCUT2D eigenvalue weighted by molar-refractivity contribution is 7.14. The Hall–Kier alpha value is -1.66. The van der Waals surface area contributed by atoms with Crippen LogP contribution in [0.25, 0.3) is 11.3 Å². The van der Waals surface area contributed by atoms with Crippen molar-refractivity contribution in [1.82, 2.24) is 4.98 Å². The summed E-state index contributed by atoms with van der Waals surface area (Å²) in [5.74, 6) is 1.50. The number of hydrogen-bond acceptors (Lipinski definition) is 5. The third kappa shape index (κ3) is 3.96. The molecule has 0 amide bonds. The second-order valence-corrected chi connectivity index (χ2v) is 6.85. The number of hydrogen-bond donors (Lipinski definition) is 1. The van der Waals surface area contributed by atoms with E-state index < -0.39 is 0 Å². The molecule has 1 aliphatic heterocycles. The monoisotopic (exact) mass is 414 g/mol. The van der Waals surface area contributed by atoms with E-state index in [1.165, 1.54) is 11.3 Å². The Labute approximate surface area is 165 Å². The van der Waals surface area contributed by atoms with E-state index in [1.807, 2.05) is 29.6 Å². The number of anilines is 2. The average Bonchev–Trinajstić information content (AvgIpc) is 3.03. The van der Waals surface area contributed by atoms with Gasteiger partial charge in [0, 0.05) is 27.7 Å². The predicted molar refractivity (Wildman–Crippen MR) is 106 cm³/mol. The van der Waals surface area contributed by atoms with Crippen molar-refractivity contribution in [3.8, 4) is 22.8 Å². The second kappa shape index (κ2) is 7.70. The van der Waals surface area contributed by atoms with Crippen molar-refractivity contribution in [2.24, 2.45) is 0 Å². The van der Waals surface area contributed by atoms with Gasteiger partial charge in [0.05, 0.1) is 10.7 Å². The molecule has 8 heteroatoms. The summed E-state index contributed by atoms with van der Waals surface area (Å²) in [5.41, 5.74) is 2.55. The van der Waals surface area contributed by atoms with Crippen LogP contribution >= 0.6 is 46.9 Å². The number of nitrogens with zero attached hydrogens (tertiary/aromatic N) is 1. The molecule has 0 fully saturated rings. The lowest BCUT2D eigenvalue weighted by atomic mass is 10.2. The van der Waals surface area contributed by atoms with Crippen LogP contribution in [0.2, 0.25) is 10.0 Å². The Morgan fingerprint density at radius 2 is 1.80 bits per heavy atom.